The SMILES string of the molecule is C[C@H](Cl)C(=O)N1CCCN(C)CC1. The van der Waals surface area contributed by atoms with E-state index in [1.807, 2.05) is 4.90 Å². The van der Waals surface area contributed by atoms with Crippen LogP contribution in [0.4, 0.5) is 0 Å². The van der Waals surface area contributed by atoms with E-state index in [4.69, 9.17) is 11.6 Å². The van der Waals surface area contributed by atoms with Crippen LogP contribution in [0.25, 0.3) is 0 Å². The van der Waals surface area contributed by atoms with E-state index in [-0.39, 0.29) is 11.3 Å². The summed E-state index contributed by atoms with van der Waals surface area (Å²) in [4.78, 5) is 15.6. The first-order valence-corrected chi connectivity index (χ1v) is 5.16. The van der Waals surface area contributed by atoms with Crippen LogP contribution in [-0.2, 0) is 4.79 Å². The summed E-state index contributed by atoms with van der Waals surface area (Å²) in [6.07, 6.45) is 1.05. The molecule has 0 saturated carbocycles. The van der Waals surface area contributed by atoms with Crippen LogP contribution in [0.15, 0.2) is 0 Å². The van der Waals surface area contributed by atoms with Crippen molar-refractivity contribution in [3.63, 3.8) is 0 Å². The van der Waals surface area contributed by atoms with Gasteiger partial charge in [-0.15, -0.1) is 11.6 Å². The minimum absolute atomic E-state index is 0.0666. The van der Waals surface area contributed by atoms with Gasteiger partial charge in [-0.1, -0.05) is 0 Å². The first kappa shape index (κ1) is 10.8. The van der Waals surface area contributed by atoms with Gasteiger partial charge in [0, 0.05) is 19.6 Å². The summed E-state index contributed by atoms with van der Waals surface area (Å²) in [5, 5.41) is -0.386. The summed E-state index contributed by atoms with van der Waals surface area (Å²) < 4.78 is 0. The standard InChI is InChI=1S/C9H17ClN2O/c1-8(10)9(13)12-5-3-4-11(2)6-7-12/h8H,3-7H2,1-2H3/t8-/m0/s1. The van der Waals surface area contributed by atoms with Crippen molar-refractivity contribution in [1.82, 2.24) is 9.80 Å². The van der Waals surface area contributed by atoms with Gasteiger partial charge >= 0.3 is 0 Å². The second-order valence-electron chi connectivity index (χ2n) is 3.60. The predicted octanol–water partition coefficient (Wildman–Crippen LogP) is 0.778. The minimum Gasteiger partial charge on any atom is -0.340 e. The molecule has 1 saturated heterocycles. The molecule has 0 bridgehead atoms. The molecule has 1 rings (SSSR count). The van der Waals surface area contributed by atoms with Gasteiger partial charge in [0.25, 0.3) is 0 Å². The predicted molar refractivity (Wildman–Crippen MR) is 54.0 cm³/mol. The van der Waals surface area contributed by atoms with E-state index in [0.717, 1.165) is 32.6 Å². The Kier molecular flexibility index (Phi) is 4.00. The zero-order valence-corrected chi connectivity index (χ0v) is 9.05. The second-order valence-corrected chi connectivity index (χ2v) is 4.25. The number of alkyl halides is 1. The Balaban J connectivity index is 2.46. The van der Waals surface area contributed by atoms with E-state index < -0.39 is 0 Å². The molecule has 0 aromatic rings. The van der Waals surface area contributed by atoms with Crippen LogP contribution in [0.5, 0.6) is 0 Å². The van der Waals surface area contributed by atoms with E-state index in [2.05, 4.69) is 11.9 Å². The van der Waals surface area contributed by atoms with Gasteiger partial charge in [-0.3, -0.25) is 4.79 Å². The molecule has 1 atom stereocenters. The van der Waals surface area contributed by atoms with E-state index in [1.54, 1.807) is 6.92 Å². The molecule has 1 heterocycles. The summed E-state index contributed by atoms with van der Waals surface area (Å²) >= 11 is 5.75. The van der Waals surface area contributed by atoms with Crippen LogP contribution in [0.3, 0.4) is 0 Å². The summed E-state index contributed by atoms with van der Waals surface area (Å²) in [6, 6.07) is 0. The molecule has 1 fully saturated rings. The molecule has 1 aliphatic heterocycles. The number of likely N-dealkylation sites (N-methyl/N-ethyl adjacent to an activating group) is 1. The molecule has 0 N–H and O–H groups in total. The largest absolute Gasteiger partial charge is 0.340 e. The van der Waals surface area contributed by atoms with Crippen molar-refractivity contribution in [1.29, 1.82) is 0 Å². The smallest absolute Gasteiger partial charge is 0.240 e. The highest BCUT2D eigenvalue weighted by atomic mass is 35.5. The number of carbonyl (C=O) groups excluding carboxylic acids is 1. The van der Waals surface area contributed by atoms with Crippen LogP contribution in [-0.4, -0.2) is 54.3 Å². The van der Waals surface area contributed by atoms with Crippen LogP contribution in [0, 0.1) is 0 Å². The molecule has 0 aromatic carbocycles. The maximum atomic E-state index is 11.5. The Morgan fingerprint density at radius 3 is 2.62 bits per heavy atom. The van der Waals surface area contributed by atoms with E-state index in [0.29, 0.717) is 0 Å². The number of hydrogen-bond donors (Lipinski definition) is 0. The highest BCUT2D eigenvalue weighted by molar-refractivity contribution is 6.30. The van der Waals surface area contributed by atoms with Gasteiger partial charge in [-0.05, 0) is 26.9 Å². The van der Waals surface area contributed by atoms with Crippen LogP contribution in [0.1, 0.15) is 13.3 Å². The highest BCUT2D eigenvalue weighted by Crippen LogP contribution is 2.06. The van der Waals surface area contributed by atoms with Gasteiger partial charge in [0.15, 0.2) is 0 Å². The lowest BCUT2D eigenvalue weighted by molar-refractivity contribution is -0.130. The van der Waals surface area contributed by atoms with Crippen LogP contribution in [0.2, 0.25) is 0 Å². The molecule has 0 radical (unpaired) electrons. The average molecular weight is 205 g/mol. The fraction of sp³-hybridized carbons (Fsp3) is 0.889. The second kappa shape index (κ2) is 4.82. The van der Waals surface area contributed by atoms with Crippen LogP contribution < -0.4 is 0 Å². The Labute approximate surface area is 84.6 Å². The molecule has 0 aromatic heterocycles. The summed E-state index contributed by atoms with van der Waals surface area (Å²) in [6.45, 7) is 5.42. The molecule has 1 aliphatic rings. The Hall–Kier alpha value is -0.280. The molecule has 0 aliphatic carbocycles. The maximum absolute atomic E-state index is 11.5. The van der Waals surface area contributed by atoms with Crippen molar-refractivity contribution >= 4 is 17.5 Å². The third-order valence-electron chi connectivity index (χ3n) is 2.37. The quantitative estimate of drug-likeness (QED) is 0.590. The Morgan fingerprint density at radius 2 is 2.00 bits per heavy atom. The van der Waals surface area contributed by atoms with Crippen molar-refractivity contribution in [2.45, 2.75) is 18.7 Å². The molecular weight excluding hydrogens is 188 g/mol. The molecule has 13 heavy (non-hydrogen) atoms. The van der Waals surface area contributed by atoms with Crippen molar-refractivity contribution < 1.29 is 4.79 Å². The van der Waals surface area contributed by atoms with Crippen molar-refractivity contribution in [2.24, 2.45) is 0 Å². The Morgan fingerprint density at radius 1 is 1.31 bits per heavy atom. The van der Waals surface area contributed by atoms with Gasteiger partial charge in [0.1, 0.15) is 5.38 Å². The van der Waals surface area contributed by atoms with Crippen molar-refractivity contribution in [3.8, 4) is 0 Å². The molecule has 4 heteroatoms. The first-order valence-electron chi connectivity index (χ1n) is 4.72. The lowest BCUT2D eigenvalue weighted by Crippen LogP contribution is -2.38. The number of nitrogens with zero attached hydrogens (tertiary/aromatic N) is 2. The molecule has 1 amide bonds. The van der Waals surface area contributed by atoms with E-state index in [1.165, 1.54) is 0 Å². The van der Waals surface area contributed by atoms with E-state index in [9.17, 15) is 4.79 Å². The van der Waals surface area contributed by atoms with Gasteiger partial charge in [-0.2, -0.15) is 0 Å². The average Bonchev–Trinajstić information content (AvgIpc) is 2.28. The molecule has 0 spiro atoms. The van der Waals surface area contributed by atoms with Crippen LogP contribution >= 0.6 is 11.6 Å². The lowest BCUT2D eigenvalue weighted by Gasteiger charge is -2.21. The van der Waals surface area contributed by atoms with Gasteiger partial charge < -0.3 is 9.80 Å². The minimum atomic E-state index is -0.386. The first-order chi connectivity index (χ1) is 6.11. The zero-order chi connectivity index (χ0) is 9.84. The fourth-order valence-electron chi connectivity index (χ4n) is 1.52. The highest BCUT2D eigenvalue weighted by Gasteiger charge is 2.20. The fourth-order valence-corrected chi connectivity index (χ4v) is 1.66. The third kappa shape index (κ3) is 3.16. The molecule has 0 unspecified atom stereocenters. The summed E-state index contributed by atoms with van der Waals surface area (Å²) in [7, 11) is 2.08. The van der Waals surface area contributed by atoms with Gasteiger partial charge in [0.05, 0.1) is 0 Å². The van der Waals surface area contributed by atoms with Crippen molar-refractivity contribution in [2.75, 3.05) is 33.2 Å². The number of halogens is 1. The van der Waals surface area contributed by atoms with Crippen molar-refractivity contribution in [3.05, 3.63) is 0 Å². The molecular formula is C9H17ClN2O. The Bertz CT molecular complexity index is 184. The third-order valence-corrected chi connectivity index (χ3v) is 2.56. The summed E-state index contributed by atoms with van der Waals surface area (Å²) in [5.41, 5.74) is 0. The number of carbonyl (C=O) groups is 1. The topological polar surface area (TPSA) is 23.6 Å². The normalized spacial score (nSPS) is 22.5. The maximum Gasteiger partial charge on any atom is 0.240 e. The van der Waals surface area contributed by atoms with Gasteiger partial charge in [0.2, 0.25) is 5.91 Å². The number of rotatable bonds is 1. The lowest BCUT2D eigenvalue weighted by atomic mass is 10.3. The summed E-state index contributed by atoms with van der Waals surface area (Å²) in [5.74, 6) is 0.0666. The van der Waals surface area contributed by atoms with E-state index >= 15 is 0 Å². The molecule has 76 valence electrons. The number of hydrogen-bond acceptors (Lipinski definition) is 2. The number of amides is 1. The van der Waals surface area contributed by atoms with Gasteiger partial charge in [-0.25, -0.2) is 0 Å². The monoisotopic (exact) mass is 204 g/mol. The zero-order valence-electron chi connectivity index (χ0n) is 8.29. The molecule has 3 nitrogen and oxygen atoms in total.